The van der Waals surface area contributed by atoms with Gasteiger partial charge in [-0.1, -0.05) is 108 Å². The molecule has 0 aliphatic carbocycles. The average molecular weight is 397 g/mol. The van der Waals surface area contributed by atoms with Crippen molar-refractivity contribution in [2.75, 3.05) is 0 Å². The number of imidazole rings is 1. The minimum absolute atomic E-state index is 0.723. The van der Waals surface area contributed by atoms with Gasteiger partial charge in [0, 0.05) is 23.4 Å². The number of thioether (sulfide) groups is 1. The highest BCUT2D eigenvalue weighted by atomic mass is 32.2. The van der Waals surface area contributed by atoms with Gasteiger partial charge in [-0.3, -0.25) is 0 Å². The molecule has 1 heterocycles. The second-order valence-corrected chi connectivity index (χ2v) is 7.94. The van der Waals surface area contributed by atoms with Crippen molar-refractivity contribution >= 4 is 11.8 Å². The fraction of sp³-hybridized carbons (Fsp3) is 0.115. The number of rotatable bonds is 7. The lowest BCUT2D eigenvalue weighted by Crippen LogP contribution is -2.00. The van der Waals surface area contributed by atoms with Crippen LogP contribution in [-0.4, -0.2) is 9.55 Å². The highest BCUT2D eigenvalue weighted by molar-refractivity contribution is 7.98. The highest BCUT2D eigenvalue weighted by Gasteiger charge is 2.19. The summed E-state index contributed by atoms with van der Waals surface area (Å²) in [5.74, 6) is 0.886. The number of hydrogen-bond donors (Lipinski definition) is 0. The van der Waals surface area contributed by atoms with E-state index >= 15 is 0 Å². The molecule has 0 saturated heterocycles. The molecule has 0 aliphatic heterocycles. The van der Waals surface area contributed by atoms with Gasteiger partial charge in [0.15, 0.2) is 5.16 Å². The topological polar surface area (TPSA) is 17.8 Å². The molecule has 0 saturated carbocycles. The number of allylic oxidation sites excluding steroid dienone is 1. The lowest BCUT2D eigenvalue weighted by Gasteiger charge is -2.11. The third kappa shape index (κ3) is 4.36. The maximum atomic E-state index is 5.09. The Labute approximate surface area is 176 Å². The van der Waals surface area contributed by atoms with E-state index in [-0.39, 0.29) is 0 Å². The van der Waals surface area contributed by atoms with E-state index in [0.717, 1.165) is 34.4 Å². The first-order valence-corrected chi connectivity index (χ1v) is 10.8. The Morgan fingerprint density at radius 2 is 1.48 bits per heavy atom. The van der Waals surface area contributed by atoms with E-state index in [0.29, 0.717) is 0 Å². The van der Waals surface area contributed by atoms with Crippen LogP contribution in [0, 0.1) is 6.92 Å². The van der Waals surface area contributed by atoms with Crippen LogP contribution in [0.2, 0.25) is 0 Å². The van der Waals surface area contributed by atoms with Crippen LogP contribution in [0.3, 0.4) is 0 Å². The lowest BCUT2D eigenvalue weighted by molar-refractivity contribution is 0.732. The van der Waals surface area contributed by atoms with Crippen LogP contribution in [0.15, 0.2) is 103 Å². The predicted molar refractivity (Wildman–Crippen MR) is 124 cm³/mol. The molecule has 0 amide bonds. The van der Waals surface area contributed by atoms with Gasteiger partial charge in [0.2, 0.25) is 0 Å². The summed E-state index contributed by atoms with van der Waals surface area (Å²) in [7, 11) is 0. The molecule has 1 aromatic heterocycles. The molecule has 0 bridgehead atoms. The molecule has 3 heteroatoms. The van der Waals surface area contributed by atoms with E-state index < -0.39 is 0 Å². The molecule has 29 heavy (non-hydrogen) atoms. The zero-order chi connectivity index (χ0) is 20.1. The molecule has 0 fully saturated rings. The largest absolute Gasteiger partial charge is 0.315 e. The first-order chi connectivity index (χ1) is 14.3. The second-order valence-electron chi connectivity index (χ2n) is 7.00. The fourth-order valence-corrected chi connectivity index (χ4v) is 4.32. The molecule has 0 aliphatic rings. The summed E-state index contributed by atoms with van der Waals surface area (Å²) >= 11 is 1.77. The van der Waals surface area contributed by atoms with E-state index in [1.165, 1.54) is 16.7 Å². The number of aromatic nitrogens is 2. The molecule has 4 aromatic rings. The van der Waals surface area contributed by atoms with Crippen molar-refractivity contribution in [2.24, 2.45) is 0 Å². The Morgan fingerprint density at radius 3 is 2.10 bits per heavy atom. The Balaban J connectivity index is 1.79. The summed E-state index contributed by atoms with van der Waals surface area (Å²) in [5.41, 5.74) is 7.04. The zero-order valence-corrected chi connectivity index (χ0v) is 17.4. The third-order valence-electron chi connectivity index (χ3n) is 4.83. The zero-order valence-electron chi connectivity index (χ0n) is 16.6. The molecular weight excluding hydrogens is 372 g/mol. The van der Waals surface area contributed by atoms with Gasteiger partial charge in [0.05, 0.1) is 11.4 Å². The van der Waals surface area contributed by atoms with Crippen LogP contribution in [-0.2, 0) is 12.3 Å². The summed E-state index contributed by atoms with van der Waals surface area (Å²) in [6, 6.07) is 29.6. The van der Waals surface area contributed by atoms with Crippen molar-refractivity contribution in [1.82, 2.24) is 9.55 Å². The van der Waals surface area contributed by atoms with Crippen molar-refractivity contribution in [3.05, 3.63) is 109 Å². The van der Waals surface area contributed by atoms with Gasteiger partial charge in [0.1, 0.15) is 0 Å². The average Bonchev–Trinajstić information content (AvgIpc) is 3.13. The number of aryl methyl sites for hydroxylation is 1. The molecule has 0 N–H and O–H groups in total. The standard InChI is InChI=1S/C26H24N2S/c1-3-18-28-25(23-12-8-5-9-13-23)24(22-10-6-4-7-11-22)27-26(28)29-19-21-16-14-20(2)15-17-21/h3-17H,1,18-19H2,2H3. The Hall–Kier alpha value is -3.04. The van der Waals surface area contributed by atoms with Crippen molar-refractivity contribution < 1.29 is 0 Å². The van der Waals surface area contributed by atoms with Crippen LogP contribution in [0.5, 0.6) is 0 Å². The van der Waals surface area contributed by atoms with Crippen molar-refractivity contribution in [3.63, 3.8) is 0 Å². The minimum atomic E-state index is 0.723. The highest BCUT2D eigenvalue weighted by Crippen LogP contribution is 2.36. The van der Waals surface area contributed by atoms with Crippen LogP contribution in [0.25, 0.3) is 22.5 Å². The van der Waals surface area contributed by atoms with Crippen molar-refractivity contribution in [1.29, 1.82) is 0 Å². The Kier molecular flexibility index (Phi) is 5.97. The summed E-state index contributed by atoms with van der Waals surface area (Å²) in [5, 5.41) is 1.02. The summed E-state index contributed by atoms with van der Waals surface area (Å²) in [6.45, 7) is 6.82. The SMILES string of the molecule is C=CCn1c(SCc2ccc(C)cc2)nc(-c2ccccc2)c1-c1ccccc1. The Morgan fingerprint density at radius 1 is 0.862 bits per heavy atom. The van der Waals surface area contributed by atoms with Gasteiger partial charge < -0.3 is 4.57 Å². The molecule has 3 aromatic carbocycles. The first-order valence-electron chi connectivity index (χ1n) is 9.77. The van der Waals surface area contributed by atoms with Crippen LogP contribution < -0.4 is 0 Å². The van der Waals surface area contributed by atoms with Crippen molar-refractivity contribution in [3.8, 4) is 22.5 Å². The quantitative estimate of drug-likeness (QED) is 0.247. The van der Waals surface area contributed by atoms with E-state index in [2.05, 4.69) is 90.9 Å². The molecular formula is C26H24N2S. The van der Waals surface area contributed by atoms with Gasteiger partial charge in [0.25, 0.3) is 0 Å². The van der Waals surface area contributed by atoms with Gasteiger partial charge in [-0.25, -0.2) is 4.98 Å². The monoisotopic (exact) mass is 396 g/mol. The predicted octanol–water partition coefficient (Wildman–Crippen LogP) is 7.00. The molecule has 0 atom stereocenters. The minimum Gasteiger partial charge on any atom is -0.315 e. The van der Waals surface area contributed by atoms with Crippen molar-refractivity contribution in [2.45, 2.75) is 24.4 Å². The van der Waals surface area contributed by atoms with E-state index in [4.69, 9.17) is 4.98 Å². The molecule has 0 spiro atoms. The van der Waals surface area contributed by atoms with Gasteiger partial charge in [-0.2, -0.15) is 0 Å². The van der Waals surface area contributed by atoms with Crippen LogP contribution in [0.1, 0.15) is 11.1 Å². The number of hydrogen-bond acceptors (Lipinski definition) is 2. The fourth-order valence-electron chi connectivity index (χ4n) is 3.36. The van der Waals surface area contributed by atoms with E-state index in [1.54, 1.807) is 11.8 Å². The van der Waals surface area contributed by atoms with Gasteiger partial charge >= 0.3 is 0 Å². The molecule has 2 nitrogen and oxygen atoms in total. The van der Waals surface area contributed by atoms with E-state index in [1.807, 2.05) is 18.2 Å². The molecule has 4 rings (SSSR count). The first kappa shape index (κ1) is 19.3. The van der Waals surface area contributed by atoms with E-state index in [9.17, 15) is 0 Å². The maximum absolute atomic E-state index is 5.09. The van der Waals surface area contributed by atoms with Crippen LogP contribution >= 0.6 is 11.8 Å². The smallest absolute Gasteiger partial charge is 0.169 e. The second kappa shape index (κ2) is 8.97. The normalized spacial score (nSPS) is 10.8. The number of benzene rings is 3. The molecule has 0 unspecified atom stereocenters. The summed E-state index contributed by atoms with van der Waals surface area (Å²) < 4.78 is 2.28. The Bertz CT molecular complexity index is 1080. The summed E-state index contributed by atoms with van der Waals surface area (Å²) in [4.78, 5) is 5.09. The van der Waals surface area contributed by atoms with Gasteiger partial charge in [-0.05, 0) is 12.5 Å². The summed E-state index contributed by atoms with van der Waals surface area (Å²) in [6.07, 6.45) is 1.94. The molecule has 0 radical (unpaired) electrons. The van der Waals surface area contributed by atoms with Crippen LogP contribution in [0.4, 0.5) is 0 Å². The third-order valence-corrected chi connectivity index (χ3v) is 5.87. The molecule has 144 valence electrons. The maximum Gasteiger partial charge on any atom is 0.169 e. The lowest BCUT2D eigenvalue weighted by atomic mass is 10.0. The van der Waals surface area contributed by atoms with Gasteiger partial charge in [-0.15, -0.1) is 6.58 Å². The number of nitrogens with zero attached hydrogens (tertiary/aromatic N) is 2.